The van der Waals surface area contributed by atoms with Gasteiger partial charge in [0.2, 0.25) is 11.8 Å². The number of primary amides is 1. The van der Waals surface area contributed by atoms with Crippen molar-refractivity contribution >= 4 is 11.8 Å². The maximum Gasteiger partial charge on any atom is 0.249 e. The predicted octanol–water partition coefficient (Wildman–Crippen LogP) is 0.330. The lowest BCUT2D eigenvalue weighted by Gasteiger charge is -2.18. The molecule has 17 heavy (non-hydrogen) atoms. The fraction of sp³-hybridized carbons (Fsp3) is 0.667. The maximum absolute atomic E-state index is 11.6. The number of nitrogens with two attached hydrogens (primary N) is 1. The summed E-state index contributed by atoms with van der Waals surface area (Å²) in [5.74, 6) is -0.995. The molecule has 0 rings (SSSR count). The largest absolute Gasteiger partial charge is 0.383 e. The minimum absolute atomic E-state index is 0.198. The molecule has 0 aromatic carbocycles. The standard InChI is InChI=1S/C12H22N2O3/c1-7(2)5-9(11(13)16)14-12(17)10(15)6-8(3)4/h8-10,15H,1,5-6H2,2-4H3,(H2,13,16)(H,14,17)/t9-,10+/m1/s1. The van der Waals surface area contributed by atoms with Crippen LogP contribution in [0.2, 0.25) is 0 Å². The van der Waals surface area contributed by atoms with Gasteiger partial charge in [-0.15, -0.1) is 6.58 Å². The molecule has 0 fully saturated rings. The van der Waals surface area contributed by atoms with Crippen LogP contribution >= 0.6 is 0 Å². The molecule has 5 nitrogen and oxygen atoms in total. The third-order valence-corrected chi connectivity index (χ3v) is 2.21. The molecule has 4 N–H and O–H groups in total. The van der Waals surface area contributed by atoms with E-state index in [2.05, 4.69) is 11.9 Å². The highest BCUT2D eigenvalue weighted by Crippen LogP contribution is 2.06. The van der Waals surface area contributed by atoms with Crippen molar-refractivity contribution in [2.45, 2.75) is 45.8 Å². The van der Waals surface area contributed by atoms with E-state index in [4.69, 9.17) is 5.73 Å². The molecular formula is C12H22N2O3. The molecule has 0 aromatic rings. The minimum Gasteiger partial charge on any atom is -0.383 e. The van der Waals surface area contributed by atoms with Gasteiger partial charge in [-0.25, -0.2) is 0 Å². The fourth-order valence-corrected chi connectivity index (χ4v) is 1.39. The quantitative estimate of drug-likeness (QED) is 0.562. The van der Waals surface area contributed by atoms with Crippen molar-refractivity contribution in [2.75, 3.05) is 0 Å². The average Bonchev–Trinajstić information content (AvgIpc) is 2.14. The van der Waals surface area contributed by atoms with Crippen LogP contribution in [-0.4, -0.2) is 29.1 Å². The summed E-state index contributed by atoms with van der Waals surface area (Å²) in [6, 6.07) is -0.804. The van der Waals surface area contributed by atoms with Crippen LogP contribution in [0.4, 0.5) is 0 Å². The van der Waals surface area contributed by atoms with Crippen LogP contribution in [0.15, 0.2) is 12.2 Å². The predicted molar refractivity (Wildman–Crippen MR) is 66.0 cm³/mol. The average molecular weight is 242 g/mol. The van der Waals surface area contributed by atoms with E-state index >= 15 is 0 Å². The smallest absolute Gasteiger partial charge is 0.249 e. The van der Waals surface area contributed by atoms with E-state index in [1.807, 2.05) is 13.8 Å². The number of aliphatic hydroxyl groups is 1. The Bertz CT molecular complexity index is 300. The second-order valence-electron chi connectivity index (χ2n) is 4.77. The molecule has 98 valence electrons. The third kappa shape index (κ3) is 6.73. The van der Waals surface area contributed by atoms with Crippen LogP contribution in [0, 0.1) is 5.92 Å². The number of nitrogens with one attached hydrogen (secondary N) is 1. The molecule has 0 heterocycles. The number of aliphatic hydroxyl groups excluding tert-OH is 1. The first-order valence-electron chi connectivity index (χ1n) is 5.66. The molecule has 0 bridgehead atoms. The summed E-state index contributed by atoms with van der Waals surface area (Å²) < 4.78 is 0. The Hall–Kier alpha value is -1.36. The van der Waals surface area contributed by atoms with Crippen molar-refractivity contribution in [3.63, 3.8) is 0 Å². The van der Waals surface area contributed by atoms with Crippen LogP contribution in [0.25, 0.3) is 0 Å². The highest BCUT2D eigenvalue weighted by atomic mass is 16.3. The first-order chi connectivity index (χ1) is 7.73. The summed E-state index contributed by atoms with van der Waals surface area (Å²) in [7, 11) is 0. The summed E-state index contributed by atoms with van der Waals surface area (Å²) >= 11 is 0. The van der Waals surface area contributed by atoms with Crippen LogP contribution < -0.4 is 11.1 Å². The lowest BCUT2D eigenvalue weighted by molar-refractivity contribution is -0.133. The van der Waals surface area contributed by atoms with Crippen LogP contribution in [0.1, 0.15) is 33.6 Å². The zero-order chi connectivity index (χ0) is 13.6. The summed E-state index contributed by atoms with van der Waals surface area (Å²) in [5, 5.41) is 12.0. The molecular weight excluding hydrogens is 220 g/mol. The highest BCUT2D eigenvalue weighted by Gasteiger charge is 2.23. The first kappa shape index (κ1) is 15.6. The molecule has 0 spiro atoms. The van der Waals surface area contributed by atoms with Crippen molar-refractivity contribution in [1.82, 2.24) is 5.32 Å². The third-order valence-electron chi connectivity index (χ3n) is 2.21. The molecule has 0 saturated heterocycles. The van der Waals surface area contributed by atoms with Crippen LogP contribution in [0.5, 0.6) is 0 Å². The Labute approximate surface area is 102 Å². The second kappa shape index (κ2) is 7.06. The van der Waals surface area contributed by atoms with Crippen LogP contribution in [-0.2, 0) is 9.59 Å². The topological polar surface area (TPSA) is 92.4 Å². The molecule has 0 saturated carbocycles. The molecule has 0 aliphatic heterocycles. The first-order valence-corrected chi connectivity index (χ1v) is 5.66. The van der Waals surface area contributed by atoms with Crippen molar-refractivity contribution in [2.24, 2.45) is 11.7 Å². The van der Waals surface area contributed by atoms with E-state index in [9.17, 15) is 14.7 Å². The molecule has 0 aromatic heterocycles. The van der Waals surface area contributed by atoms with E-state index in [0.29, 0.717) is 6.42 Å². The normalized spacial score (nSPS) is 14.2. The van der Waals surface area contributed by atoms with E-state index < -0.39 is 24.0 Å². The number of hydrogen-bond acceptors (Lipinski definition) is 3. The van der Waals surface area contributed by atoms with Crippen molar-refractivity contribution in [3.05, 3.63) is 12.2 Å². The maximum atomic E-state index is 11.6. The zero-order valence-electron chi connectivity index (χ0n) is 10.7. The van der Waals surface area contributed by atoms with Crippen molar-refractivity contribution in [3.8, 4) is 0 Å². The van der Waals surface area contributed by atoms with Gasteiger partial charge in [0.25, 0.3) is 0 Å². The van der Waals surface area contributed by atoms with Crippen molar-refractivity contribution in [1.29, 1.82) is 0 Å². The number of amides is 2. The lowest BCUT2D eigenvalue weighted by Crippen LogP contribution is -2.48. The molecule has 0 aliphatic carbocycles. The minimum atomic E-state index is -1.11. The SMILES string of the molecule is C=C(C)C[C@@H](NC(=O)[C@@H](O)CC(C)C)C(N)=O. The summed E-state index contributed by atoms with van der Waals surface area (Å²) in [5.41, 5.74) is 5.90. The van der Waals surface area contributed by atoms with E-state index in [0.717, 1.165) is 5.57 Å². The Morgan fingerprint density at radius 3 is 2.29 bits per heavy atom. The number of hydrogen-bond donors (Lipinski definition) is 3. The van der Waals surface area contributed by atoms with Gasteiger partial charge < -0.3 is 16.2 Å². The Morgan fingerprint density at radius 2 is 1.94 bits per heavy atom. The molecule has 5 heteroatoms. The van der Waals surface area contributed by atoms with E-state index in [1.54, 1.807) is 6.92 Å². The summed E-state index contributed by atoms with van der Waals surface area (Å²) in [6.45, 7) is 9.20. The molecule has 2 atom stereocenters. The highest BCUT2D eigenvalue weighted by molar-refractivity contribution is 5.88. The van der Waals surface area contributed by atoms with E-state index in [1.165, 1.54) is 0 Å². The Morgan fingerprint density at radius 1 is 1.41 bits per heavy atom. The number of rotatable bonds is 7. The molecule has 0 unspecified atom stereocenters. The van der Waals surface area contributed by atoms with Gasteiger partial charge in [0, 0.05) is 0 Å². The number of carbonyl (C=O) groups excluding carboxylic acids is 2. The summed E-state index contributed by atoms with van der Waals surface area (Å²) in [4.78, 5) is 22.7. The van der Waals surface area contributed by atoms with Gasteiger partial charge >= 0.3 is 0 Å². The molecule has 2 amide bonds. The molecule has 0 aliphatic rings. The van der Waals surface area contributed by atoms with Gasteiger partial charge in [0.05, 0.1) is 0 Å². The Kier molecular flexibility index (Phi) is 6.50. The second-order valence-corrected chi connectivity index (χ2v) is 4.77. The van der Waals surface area contributed by atoms with Crippen LogP contribution in [0.3, 0.4) is 0 Å². The number of carbonyl (C=O) groups is 2. The van der Waals surface area contributed by atoms with E-state index in [-0.39, 0.29) is 12.3 Å². The fourth-order valence-electron chi connectivity index (χ4n) is 1.39. The summed E-state index contributed by atoms with van der Waals surface area (Å²) in [6.07, 6.45) is -0.471. The van der Waals surface area contributed by atoms with Gasteiger partial charge in [0.1, 0.15) is 12.1 Å². The monoisotopic (exact) mass is 242 g/mol. The van der Waals surface area contributed by atoms with Gasteiger partial charge in [0.15, 0.2) is 0 Å². The van der Waals surface area contributed by atoms with Gasteiger partial charge in [-0.2, -0.15) is 0 Å². The van der Waals surface area contributed by atoms with Crippen molar-refractivity contribution < 1.29 is 14.7 Å². The van der Waals surface area contributed by atoms with Gasteiger partial charge in [-0.1, -0.05) is 19.4 Å². The van der Waals surface area contributed by atoms with Gasteiger partial charge in [-0.05, 0) is 25.7 Å². The molecule has 0 radical (unpaired) electrons. The zero-order valence-corrected chi connectivity index (χ0v) is 10.7. The Balaban J connectivity index is 4.39. The van der Waals surface area contributed by atoms with Gasteiger partial charge in [-0.3, -0.25) is 9.59 Å². The lowest BCUT2D eigenvalue weighted by atomic mass is 10.0.